The lowest BCUT2D eigenvalue weighted by Gasteiger charge is -2.10. The van der Waals surface area contributed by atoms with Crippen molar-refractivity contribution in [3.63, 3.8) is 0 Å². The Labute approximate surface area is 144 Å². The molecule has 0 unspecified atom stereocenters. The zero-order chi connectivity index (χ0) is 16.8. The number of nitrogens with one attached hydrogen (secondary N) is 2. The molecule has 0 atom stereocenters. The monoisotopic (exact) mass is 343 g/mol. The second kappa shape index (κ2) is 7.87. The van der Waals surface area contributed by atoms with E-state index in [9.17, 15) is 0 Å². The van der Waals surface area contributed by atoms with Gasteiger partial charge in [0.15, 0.2) is 11.6 Å². The molecule has 0 radical (unpaired) electrons. The zero-order valence-corrected chi connectivity index (χ0v) is 14.7. The molecular weight excluding hydrogens is 322 g/mol. The topological polar surface area (TPSA) is 79.5 Å². The molecule has 2 N–H and O–H groups in total. The van der Waals surface area contributed by atoms with Gasteiger partial charge in [0.2, 0.25) is 0 Å². The van der Waals surface area contributed by atoms with Crippen LogP contribution in [0.25, 0.3) is 5.65 Å². The Morgan fingerprint density at radius 3 is 3.00 bits per heavy atom. The summed E-state index contributed by atoms with van der Waals surface area (Å²) in [5.74, 6) is 1.77. The highest BCUT2D eigenvalue weighted by atomic mass is 32.1. The van der Waals surface area contributed by atoms with Crippen molar-refractivity contribution < 1.29 is 0 Å². The molecule has 0 saturated heterocycles. The molecule has 7 nitrogen and oxygen atoms in total. The van der Waals surface area contributed by atoms with E-state index in [2.05, 4.69) is 37.7 Å². The summed E-state index contributed by atoms with van der Waals surface area (Å²) in [5, 5.41) is 16.1. The van der Waals surface area contributed by atoms with Gasteiger partial charge in [0.05, 0.1) is 6.54 Å². The molecule has 0 aliphatic rings. The minimum absolute atomic E-state index is 0.687. The summed E-state index contributed by atoms with van der Waals surface area (Å²) >= 11 is 1.69. The molecule has 0 aliphatic carbocycles. The van der Waals surface area contributed by atoms with Crippen LogP contribution in [0.1, 0.15) is 22.1 Å². The molecule has 8 heteroatoms. The molecule has 3 aromatic heterocycles. The van der Waals surface area contributed by atoms with E-state index >= 15 is 0 Å². The van der Waals surface area contributed by atoms with Crippen molar-refractivity contribution in [1.82, 2.24) is 30.2 Å². The highest BCUT2D eigenvalue weighted by Crippen LogP contribution is 2.10. The molecule has 3 aromatic rings. The van der Waals surface area contributed by atoms with Gasteiger partial charge < -0.3 is 10.6 Å². The number of guanidine groups is 1. The molecule has 0 aliphatic heterocycles. The average molecular weight is 343 g/mol. The normalized spacial score (nSPS) is 11.8. The maximum absolute atomic E-state index is 4.34. The van der Waals surface area contributed by atoms with Crippen molar-refractivity contribution >= 4 is 22.9 Å². The Balaban J connectivity index is 1.43. The van der Waals surface area contributed by atoms with Gasteiger partial charge >= 0.3 is 0 Å². The van der Waals surface area contributed by atoms with Crippen LogP contribution >= 0.6 is 11.3 Å². The summed E-state index contributed by atoms with van der Waals surface area (Å²) in [6.07, 6.45) is 5.70. The van der Waals surface area contributed by atoms with Crippen LogP contribution in [0.3, 0.4) is 0 Å². The predicted molar refractivity (Wildman–Crippen MR) is 96.4 cm³/mol. The Hall–Kier alpha value is -2.48. The lowest BCUT2D eigenvalue weighted by atomic mass is 10.3. The third kappa shape index (κ3) is 4.08. The zero-order valence-electron chi connectivity index (χ0n) is 13.9. The number of hydrogen-bond acceptors (Lipinski definition) is 5. The van der Waals surface area contributed by atoms with E-state index in [1.807, 2.05) is 35.0 Å². The summed E-state index contributed by atoms with van der Waals surface area (Å²) in [4.78, 5) is 9.79. The Morgan fingerprint density at radius 1 is 1.29 bits per heavy atom. The molecule has 126 valence electrons. The average Bonchev–Trinajstić information content (AvgIpc) is 3.20. The first-order valence-electron chi connectivity index (χ1n) is 7.91. The van der Waals surface area contributed by atoms with Gasteiger partial charge in [0.25, 0.3) is 0 Å². The molecule has 0 amide bonds. The van der Waals surface area contributed by atoms with Gasteiger partial charge in [-0.2, -0.15) is 0 Å². The number of pyridine rings is 1. The molecule has 0 spiro atoms. The van der Waals surface area contributed by atoms with E-state index in [0.717, 1.165) is 41.8 Å². The Bertz CT molecular complexity index is 821. The van der Waals surface area contributed by atoms with Gasteiger partial charge in [-0.3, -0.25) is 9.39 Å². The first-order chi connectivity index (χ1) is 11.8. The van der Waals surface area contributed by atoms with Gasteiger partial charge in [0, 0.05) is 37.3 Å². The lowest BCUT2D eigenvalue weighted by molar-refractivity contribution is 0.713. The van der Waals surface area contributed by atoms with E-state index in [-0.39, 0.29) is 0 Å². The highest BCUT2D eigenvalue weighted by molar-refractivity contribution is 7.11. The van der Waals surface area contributed by atoms with Crippen molar-refractivity contribution in [3.05, 3.63) is 46.3 Å². The molecular formula is C16H21N7S. The van der Waals surface area contributed by atoms with E-state index in [1.165, 1.54) is 4.88 Å². The summed E-state index contributed by atoms with van der Waals surface area (Å²) in [6.45, 7) is 3.56. The van der Waals surface area contributed by atoms with Crippen LogP contribution in [0, 0.1) is 6.92 Å². The van der Waals surface area contributed by atoms with E-state index < -0.39 is 0 Å². The number of rotatable bonds is 6. The van der Waals surface area contributed by atoms with Crippen molar-refractivity contribution in [2.24, 2.45) is 4.99 Å². The van der Waals surface area contributed by atoms with Gasteiger partial charge in [-0.1, -0.05) is 6.07 Å². The number of aromatic nitrogens is 4. The molecule has 0 saturated carbocycles. The van der Waals surface area contributed by atoms with Gasteiger partial charge in [-0.05, 0) is 25.5 Å². The van der Waals surface area contributed by atoms with Crippen LogP contribution in [0.5, 0.6) is 0 Å². The number of hydrogen-bond donors (Lipinski definition) is 2. The molecule has 3 rings (SSSR count). The summed E-state index contributed by atoms with van der Waals surface area (Å²) in [6, 6.07) is 5.92. The standard InChI is InChI=1S/C16H21N7S/c1-12-10-19-15(24-12)11-20-16(17-2)18-8-5-7-14-22-21-13-6-3-4-9-23(13)14/h3-4,6,9-10H,5,7-8,11H2,1-2H3,(H2,17,18,20). The second-order valence-electron chi connectivity index (χ2n) is 5.37. The largest absolute Gasteiger partial charge is 0.356 e. The smallest absolute Gasteiger partial charge is 0.191 e. The number of aryl methyl sites for hydroxylation is 2. The number of aliphatic imine (C=N–C) groups is 1. The fourth-order valence-electron chi connectivity index (χ4n) is 2.38. The molecule has 0 aromatic carbocycles. The minimum atomic E-state index is 0.687. The fourth-order valence-corrected chi connectivity index (χ4v) is 3.10. The van der Waals surface area contributed by atoms with Gasteiger partial charge in [0.1, 0.15) is 10.8 Å². The van der Waals surface area contributed by atoms with Crippen LogP contribution in [0.15, 0.2) is 35.6 Å². The summed E-state index contributed by atoms with van der Waals surface area (Å²) in [5.41, 5.74) is 0.886. The predicted octanol–water partition coefficient (Wildman–Crippen LogP) is 1.79. The lowest BCUT2D eigenvalue weighted by Crippen LogP contribution is -2.37. The minimum Gasteiger partial charge on any atom is -0.356 e. The summed E-state index contributed by atoms with van der Waals surface area (Å²) < 4.78 is 2.03. The van der Waals surface area contributed by atoms with Crippen LogP contribution in [-0.4, -0.2) is 39.1 Å². The highest BCUT2D eigenvalue weighted by Gasteiger charge is 2.05. The second-order valence-corrected chi connectivity index (χ2v) is 6.69. The van der Waals surface area contributed by atoms with Gasteiger partial charge in [-0.15, -0.1) is 21.5 Å². The van der Waals surface area contributed by atoms with Gasteiger partial charge in [-0.25, -0.2) is 4.98 Å². The van der Waals surface area contributed by atoms with Crippen molar-refractivity contribution in [2.45, 2.75) is 26.3 Å². The van der Waals surface area contributed by atoms with Crippen molar-refractivity contribution in [1.29, 1.82) is 0 Å². The van der Waals surface area contributed by atoms with Crippen molar-refractivity contribution in [2.75, 3.05) is 13.6 Å². The first kappa shape index (κ1) is 16.4. The number of nitrogens with zero attached hydrogens (tertiary/aromatic N) is 5. The number of thiazole rings is 1. The maximum atomic E-state index is 4.34. The van der Waals surface area contributed by atoms with E-state index in [4.69, 9.17) is 0 Å². The molecule has 0 bridgehead atoms. The quantitative estimate of drug-likeness (QED) is 0.405. The SMILES string of the molecule is CN=C(NCCCc1nnc2ccccn12)NCc1ncc(C)s1. The third-order valence-electron chi connectivity index (χ3n) is 3.55. The van der Waals surface area contributed by atoms with Crippen LogP contribution in [0.2, 0.25) is 0 Å². The molecule has 0 fully saturated rings. The Kier molecular flexibility index (Phi) is 5.37. The van der Waals surface area contributed by atoms with E-state index in [0.29, 0.717) is 6.54 Å². The van der Waals surface area contributed by atoms with Crippen LogP contribution in [0.4, 0.5) is 0 Å². The van der Waals surface area contributed by atoms with Crippen molar-refractivity contribution in [3.8, 4) is 0 Å². The van der Waals surface area contributed by atoms with E-state index in [1.54, 1.807) is 18.4 Å². The van der Waals surface area contributed by atoms with Crippen LogP contribution < -0.4 is 10.6 Å². The fraction of sp³-hybridized carbons (Fsp3) is 0.375. The maximum Gasteiger partial charge on any atom is 0.191 e. The third-order valence-corrected chi connectivity index (χ3v) is 4.47. The van der Waals surface area contributed by atoms with Crippen LogP contribution in [-0.2, 0) is 13.0 Å². The summed E-state index contributed by atoms with van der Waals surface area (Å²) in [7, 11) is 1.77. The first-order valence-corrected chi connectivity index (χ1v) is 8.72. The number of fused-ring (bicyclic) bond motifs is 1. The Morgan fingerprint density at radius 2 is 2.21 bits per heavy atom. The molecule has 3 heterocycles. The molecule has 24 heavy (non-hydrogen) atoms.